The lowest BCUT2D eigenvalue weighted by atomic mass is 9.92. The smallest absolute Gasteiger partial charge is 0.163 e. The van der Waals surface area contributed by atoms with Crippen LogP contribution < -0.4 is 0 Å². The summed E-state index contributed by atoms with van der Waals surface area (Å²) in [6.07, 6.45) is 7.58. The average Bonchev–Trinajstić information content (AvgIpc) is 3.98. The number of hydrogen-bond donors (Lipinski definition) is 0. The van der Waals surface area contributed by atoms with Crippen LogP contribution >= 0.6 is 0 Å². The van der Waals surface area contributed by atoms with Gasteiger partial charge in [0.05, 0.1) is 33.1 Å². The number of nitrogens with zero attached hydrogens (tertiary/aromatic N) is 6. The summed E-state index contributed by atoms with van der Waals surface area (Å²) in [5.41, 5.74) is 14.8. The van der Waals surface area contributed by atoms with Crippen molar-refractivity contribution in [1.29, 1.82) is 0 Å². The van der Waals surface area contributed by atoms with Crippen LogP contribution in [0.1, 0.15) is 23.7 Å². The number of benzene rings is 7. The minimum atomic E-state index is 0.0305. The summed E-state index contributed by atoms with van der Waals surface area (Å²) in [6, 6.07) is 68.6. The zero-order chi connectivity index (χ0) is 40.3. The Bertz CT molecular complexity index is 3410. The Balaban J connectivity index is 0.977. The Morgan fingerprint density at radius 1 is 0.377 bits per heavy atom. The first-order chi connectivity index (χ1) is 30.3. The summed E-state index contributed by atoms with van der Waals surface area (Å²) in [5.74, 6) is 2.19. The maximum Gasteiger partial charge on any atom is 0.163 e. The van der Waals surface area contributed by atoms with E-state index in [9.17, 15) is 0 Å². The van der Waals surface area contributed by atoms with E-state index in [0.29, 0.717) is 11.6 Å². The normalized spacial score (nSPS) is 14.0. The summed E-state index contributed by atoms with van der Waals surface area (Å²) < 4.78 is 7.39. The molecule has 6 heteroatoms. The molecule has 0 fully saturated rings. The first-order valence-electron chi connectivity index (χ1n) is 20.8. The predicted octanol–water partition coefficient (Wildman–Crippen LogP) is 13.3. The molecule has 7 aromatic carbocycles. The van der Waals surface area contributed by atoms with Gasteiger partial charge in [-0.05, 0) is 66.1 Å². The highest BCUT2D eigenvalue weighted by Crippen LogP contribution is 2.45. The van der Waals surface area contributed by atoms with Gasteiger partial charge in [-0.3, -0.25) is 0 Å². The van der Waals surface area contributed by atoms with Crippen LogP contribution in [0.5, 0.6) is 0 Å². The van der Waals surface area contributed by atoms with Crippen molar-refractivity contribution in [3.05, 3.63) is 224 Å². The lowest BCUT2D eigenvalue weighted by molar-refractivity contribution is 0.766. The van der Waals surface area contributed by atoms with Gasteiger partial charge in [-0.1, -0.05) is 164 Å². The molecular weight excluding hydrogens is 745 g/mol. The van der Waals surface area contributed by atoms with E-state index in [0.717, 1.165) is 40.4 Å². The van der Waals surface area contributed by atoms with E-state index in [1.54, 1.807) is 0 Å². The van der Waals surface area contributed by atoms with E-state index >= 15 is 0 Å². The Hall–Kier alpha value is -8.09. The molecule has 288 valence electrons. The molecule has 0 amide bonds. The van der Waals surface area contributed by atoms with Crippen molar-refractivity contribution >= 4 is 49.4 Å². The molecule has 0 saturated carbocycles. The minimum Gasteiger partial charge on any atom is -0.306 e. The molecule has 6 nitrogen and oxygen atoms in total. The molecule has 0 N–H and O–H groups in total. The van der Waals surface area contributed by atoms with E-state index in [2.05, 4.69) is 190 Å². The highest BCUT2D eigenvalue weighted by molar-refractivity contribution is 6.25. The third-order valence-corrected chi connectivity index (χ3v) is 12.0. The van der Waals surface area contributed by atoms with Gasteiger partial charge in [-0.25, -0.2) is 15.0 Å². The van der Waals surface area contributed by atoms with Gasteiger partial charge in [0.15, 0.2) is 11.6 Å². The summed E-state index contributed by atoms with van der Waals surface area (Å²) in [7, 11) is 0. The SMILES string of the molecule is C1=CC(c2nc(-c3ccccc3)nc(-c3ccccc3)n2)CC=C1c1ccc(-n2c3ccccc3c3c2c2c(c4ccccc4n2-c2ccccc2)n3-c2ccccc2)cc1. The molecule has 1 aliphatic rings. The molecule has 0 bridgehead atoms. The summed E-state index contributed by atoms with van der Waals surface area (Å²) >= 11 is 0. The maximum atomic E-state index is 5.01. The molecule has 11 aromatic rings. The van der Waals surface area contributed by atoms with Crippen LogP contribution in [0.25, 0.3) is 89.3 Å². The summed E-state index contributed by atoms with van der Waals surface area (Å²) in [4.78, 5) is 14.9. The second-order valence-corrected chi connectivity index (χ2v) is 15.6. The Kier molecular flexibility index (Phi) is 8.20. The third kappa shape index (κ3) is 5.75. The molecule has 12 rings (SSSR count). The minimum absolute atomic E-state index is 0.0305. The van der Waals surface area contributed by atoms with Gasteiger partial charge in [-0.15, -0.1) is 0 Å². The highest BCUT2D eigenvalue weighted by Gasteiger charge is 2.28. The molecule has 4 aromatic heterocycles. The summed E-state index contributed by atoms with van der Waals surface area (Å²) in [6.45, 7) is 0. The van der Waals surface area contributed by atoms with Crippen molar-refractivity contribution < 1.29 is 0 Å². The van der Waals surface area contributed by atoms with Crippen molar-refractivity contribution in [2.24, 2.45) is 0 Å². The van der Waals surface area contributed by atoms with Crippen molar-refractivity contribution in [2.45, 2.75) is 12.3 Å². The number of rotatable bonds is 7. The van der Waals surface area contributed by atoms with Gasteiger partial charge in [0.2, 0.25) is 0 Å². The fourth-order valence-electron chi connectivity index (χ4n) is 9.21. The van der Waals surface area contributed by atoms with Crippen LogP contribution in [0.2, 0.25) is 0 Å². The second-order valence-electron chi connectivity index (χ2n) is 15.6. The van der Waals surface area contributed by atoms with Crippen LogP contribution in [0.3, 0.4) is 0 Å². The molecule has 61 heavy (non-hydrogen) atoms. The van der Waals surface area contributed by atoms with Crippen molar-refractivity contribution in [3.8, 4) is 39.8 Å². The molecule has 1 unspecified atom stereocenters. The van der Waals surface area contributed by atoms with Gasteiger partial charge in [-0.2, -0.15) is 0 Å². The molecule has 1 atom stereocenters. The zero-order valence-electron chi connectivity index (χ0n) is 33.2. The first-order valence-corrected chi connectivity index (χ1v) is 20.8. The first kappa shape index (κ1) is 34.9. The molecular formula is C55H38N6. The predicted molar refractivity (Wildman–Crippen MR) is 250 cm³/mol. The van der Waals surface area contributed by atoms with Gasteiger partial charge in [0.25, 0.3) is 0 Å². The monoisotopic (exact) mass is 782 g/mol. The van der Waals surface area contributed by atoms with Crippen LogP contribution in [0, 0.1) is 0 Å². The fraction of sp³-hybridized carbons (Fsp3) is 0.0364. The standard InChI is InChI=1S/C55H38N6/c1-5-17-39(18-6-1)53-56-54(40-19-7-2-8-20-40)58-55(57-53)41-31-29-37(30-32-41)38-33-35-44(36-34-38)60-48-28-16-14-26-46(48)50-52(60)51-49(61(50)43-23-11-4-12-24-43)45-25-13-15-27-47(45)59(51)42-21-9-3-10-22-42/h1-31,33-36,41H,32H2. The molecule has 0 radical (unpaired) electrons. The van der Waals surface area contributed by atoms with Crippen molar-refractivity contribution in [2.75, 3.05) is 0 Å². The quantitative estimate of drug-likeness (QED) is 0.162. The van der Waals surface area contributed by atoms with Crippen LogP contribution in [0.15, 0.2) is 212 Å². The van der Waals surface area contributed by atoms with Crippen LogP contribution in [-0.2, 0) is 0 Å². The number of aromatic nitrogens is 6. The molecule has 0 saturated heterocycles. The lowest BCUT2D eigenvalue weighted by Gasteiger charge is -2.17. The van der Waals surface area contributed by atoms with Gasteiger partial charge in [0.1, 0.15) is 5.82 Å². The van der Waals surface area contributed by atoms with E-state index in [4.69, 9.17) is 15.0 Å². The molecule has 0 aliphatic heterocycles. The number of allylic oxidation sites excluding steroid dienone is 4. The van der Waals surface area contributed by atoms with Crippen molar-refractivity contribution in [3.63, 3.8) is 0 Å². The summed E-state index contributed by atoms with van der Waals surface area (Å²) in [5, 5.41) is 2.42. The van der Waals surface area contributed by atoms with E-state index < -0.39 is 0 Å². The Labute approximate surface area is 352 Å². The van der Waals surface area contributed by atoms with E-state index in [1.165, 1.54) is 55.0 Å². The largest absolute Gasteiger partial charge is 0.306 e. The van der Waals surface area contributed by atoms with Gasteiger partial charge >= 0.3 is 0 Å². The number of para-hydroxylation sites is 4. The van der Waals surface area contributed by atoms with E-state index in [1.807, 2.05) is 36.4 Å². The van der Waals surface area contributed by atoms with E-state index in [-0.39, 0.29) is 5.92 Å². The molecule has 4 heterocycles. The second kappa shape index (κ2) is 14.3. The number of fused-ring (bicyclic) bond motifs is 7. The molecule has 1 aliphatic carbocycles. The van der Waals surface area contributed by atoms with Crippen LogP contribution in [-0.4, -0.2) is 28.7 Å². The Morgan fingerprint density at radius 3 is 1.31 bits per heavy atom. The van der Waals surface area contributed by atoms with Gasteiger partial charge < -0.3 is 13.7 Å². The maximum absolute atomic E-state index is 5.01. The van der Waals surface area contributed by atoms with Crippen molar-refractivity contribution in [1.82, 2.24) is 28.7 Å². The molecule has 0 spiro atoms. The fourth-order valence-corrected chi connectivity index (χ4v) is 9.21. The lowest BCUT2D eigenvalue weighted by Crippen LogP contribution is -2.08. The average molecular weight is 783 g/mol. The van der Waals surface area contributed by atoms with Gasteiger partial charge in [0, 0.05) is 44.9 Å². The third-order valence-electron chi connectivity index (χ3n) is 12.0. The van der Waals surface area contributed by atoms with Crippen LogP contribution in [0.4, 0.5) is 0 Å². The number of hydrogen-bond acceptors (Lipinski definition) is 3. The zero-order valence-corrected chi connectivity index (χ0v) is 33.2. The highest BCUT2D eigenvalue weighted by atomic mass is 15.1. The topological polar surface area (TPSA) is 53.5 Å². The Morgan fingerprint density at radius 2 is 0.820 bits per heavy atom.